The van der Waals surface area contributed by atoms with Crippen molar-refractivity contribution < 1.29 is 5.21 Å². The lowest BCUT2D eigenvalue weighted by Gasteiger charge is -2.17. The highest BCUT2D eigenvalue weighted by atomic mass is 32.2. The van der Waals surface area contributed by atoms with Gasteiger partial charge in [-0.2, -0.15) is 5.06 Å². The van der Waals surface area contributed by atoms with Crippen molar-refractivity contribution in [3.8, 4) is 0 Å². The standard InChI is InChI=1S/C3H7NOS2/c5-4-1-6-3-7-2-4/h5H,1-3H2. The fourth-order valence-electron chi connectivity index (χ4n) is 0.381. The Labute approximate surface area is 51.2 Å². The van der Waals surface area contributed by atoms with E-state index in [0.717, 1.165) is 16.8 Å². The maximum atomic E-state index is 8.70. The van der Waals surface area contributed by atoms with E-state index < -0.39 is 0 Å². The van der Waals surface area contributed by atoms with Gasteiger partial charge >= 0.3 is 0 Å². The summed E-state index contributed by atoms with van der Waals surface area (Å²) in [6.07, 6.45) is 0. The van der Waals surface area contributed by atoms with Crippen LogP contribution in [0.1, 0.15) is 0 Å². The molecule has 0 saturated carbocycles. The van der Waals surface area contributed by atoms with Crippen molar-refractivity contribution in [3.63, 3.8) is 0 Å². The third-order valence-corrected chi connectivity index (χ3v) is 2.94. The Kier molecular flexibility index (Phi) is 2.31. The van der Waals surface area contributed by atoms with Gasteiger partial charge in [-0.25, -0.2) is 0 Å². The minimum absolute atomic E-state index is 0.771. The highest BCUT2D eigenvalue weighted by molar-refractivity contribution is 8.16. The van der Waals surface area contributed by atoms with Crippen molar-refractivity contribution in [2.24, 2.45) is 0 Å². The zero-order chi connectivity index (χ0) is 5.11. The molecule has 1 N–H and O–H groups in total. The molecular weight excluding hydrogens is 130 g/mol. The Balaban J connectivity index is 2.12. The largest absolute Gasteiger partial charge is 0.312 e. The van der Waals surface area contributed by atoms with E-state index in [1.54, 1.807) is 23.5 Å². The molecule has 1 fully saturated rings. The van der Waals surface area contributed by atoms with E-state index in [-0.39, 0.29) is 0 Å². The van der Waals surface area contributed by atoms with Gasteiger partial charge in [-0.15, -0.1) is 23.5 Å². The third kappa shape index (κ3) is 1.90. The number of hydrogen-bond donors (Lipinski definition) is 1. The maximum absolute atomic E-state index is 8.70. The normalized spacial score (nSPS) is 25.3. The highest BCUT2D eigenvalue weighted by Crippen LogP contribution is 2.19. The van der Waals surface area contributed by atoms with Gasteiger partial charge in [0.05, 0.1) is 11.8 Å². The van der Waals surface area contributed by atoms with Crippen LogP contribution in [0.15, 0.2) is 0 Å². The summed E-state index contributed by atoms with van der Waals surface area (Å²) in [5.41, 5.74) is 0. The zero-order valence-corrected chi connectivity index (χ0v) is 5.47. The summed E-state index contributed by atoms with van der Waals surface area (Å²) in [7, 11) is 0. The second kappa shape index (κ2) is 2.81. The van der Waals surface area contributed by atoms with Crippen LogP contribution in [-0.4, -0.2) is 27.1 Å². The minimum atomic E-state index is 0.771. The number of thioether (sulfide) groups is 2. The van der Waals surface area contributed by atoms with Gasteiger partial charge in [0, 0.05) is 5.08 Å². The number of hydrogen-bond acceptors (Lipinski definition) is 4. The van der Waals surface area contributed by atoms with Crippen LogP contribution in [0.3, 0.4) is 0 Å². The number of nitrogens with zero attached hydrogens (tertiary/aromatic N) is 1. The molecule has 0 aromatic heterocycles. The van der Waals surface area contributed by atoms with Crippen molar-refractivity contribution >= 4 is 23.5 Å². The van der Waals surface area contributed by atoms with Crippen LogP contribution in [0.2, 0.25) is 0 Å². The SMILES string of the molecule is ON1CSCSC1. The summed E-state index contributed by atoms with van der Waals surface area (Å²) in [5, 5.41) is 11.1. The fourth-order valence-corrected chi connectivity index (χ4v) is 2.17. The van der Waals surface area contributed by atoms with Crippen LogP contribution in [0.5, 0.6) is 0 Å². The second-order valence-corrected chi connectivity index (χ2v) is 3.57. The van der Waals surface area contributed by atoms with E-state index in [2.05, 4.69) is 0 Å². The Bertz CT molecular complexity index is 54.9. The Morgan fingerprint density at radius 2 is 1.86 bits per heavy atom. The minimum Gasteiger partial charge on any atom is -0.312 e. The maximum Gasteiger partial charge on any atom is 0.0711 e. The van der Waals surface area contributed by atoms with E-state index in [1.807, 2.05) is 0 Å². The van der Waals surface area contributed by atoms with Gasteiger partial charge in [0.1, 0.15) is 0 Å². The topological polar surface area (TPSA) is 23.5 Å². The Morgan fingerprint density at radius 3 is 2.14 bits per heavy atom. The lowest BCUT2D eigenvalue weighted by molar-refractivity contribution is -0.0522. The molecule has 0 unspecified atom stereocenters. The van der Waals surface area contributed by atoms with Gasteiger partial charge in [-0.3, -0.25) is 0 Å². The molecule has 1 rings (SSSR count). The molecule has 0 amide bonds. The van der Waals surface area contributed by atoms with Crippen LogP contribution < -0.4 is 0 Å². The second-order valence-electron chi connectivity index (χ2n) is 1.29. The summed E-state index contributed by atoms with van der Waals surface area (Å²) in [4.78, 5) is 0. The molecule has 0 radical (unpaired) electrons. The van der Waals surface area contributed by atoms with E-state index >= 15 is 0 Å². The van der Waals surface area contributed by atoms with Gasteiger partial charge in [-0.1, -0.05) is 0 Å². The molecule has 0 aliphatic carbocycles. The van der Waals surface area contributed by atoms with Gasteiger partial charge in [0.2, 0.25) is 0 Å². The Morgan fingerprint density at radius 1 is 1.29 bits per heavy atom. The predicted molar refractivity (Wildman–Crippen MR) is 33.4 cm³/mol. The quantitative estimate of drug-likeness (QED) is 0.538. The first kappa shape index (κ1) is 5.75. The molecule has 4 heteroatoms. The van der Waals surface area contributed by atoms with Crippen molar-refractivity contribution in [2.45, 2.75) is 0 Å². The van der Waals surface area contributed by atoms with Crippen molar-refractivity contribution in [2.75, 3.05) is 16.8 Å². The number of hydroxylamine groups is 2. The highest BCUT2D eigenvalue weighted by Gasteiger charge is 2.04. The Hall–Kier alpha value is 0.620. The van der Waals surface area contributed by atoms with Crippen LogP contribution in [0.4, 0.5) is 0 Å². The molecule has 1 heterocycles. The lowest BCUT2D eigenvalue weighted by atomic mass is 11.2. The molecular formula is C3H7NOS2. The molecule has 0 spiro atoms. The van der Waals surface area contributed by atoms with Crippen molar-refractivity contribution in [3.05, 3.63) is 0 Å². The average molecular weight is 137 g/mol. The zero-order valence-electron chi connectivity index (χ0n) is 3.83. The summed E-state index contributed by atoms with van der Waals surface area (Å²) in [6.45, 7) is 0. The van der Waals surface area contributed by atoms with Crippen LogP contribution >= 0.6 is 23.5 Å². The molecule has 1 aliphatic heterocycles. The fraction of sp³-hybridized carbons (Fsp3) is 1.00. The van der Waals surface area contributed by atoms with Gasteiger partial charge in [-0.05, 0) is 0 Å². The lowest BCUT2D eigenvalue weighted by Crippen LogP contribution is -2.21. The molecule has 2 nitrogen and oxygen atoms in total. The predicted octanol–water partition coefficient (Wildman–Crippen LogP) is 1.03. The van der Waals surface area contributed by atoms with Crippen LogP contribution in [0.25, 0.3) is 0 Å². The molecule has 1 aliphatic rings. The molecule has 42 valence electrons. The molecule has 1 saturated heterocycles. The van der Waals surface area contributed by atoms with E-state index in [0.29, 0.717) is 0 Å². The average Bonchev–Trinajstić information content (AvgIpc) is 1.69. The van der Waals surface area contributed by atoms with Crippen molar-refractivity contribution in [1.82, 2.24) is 5.06 Å². The molecule has 0 bridgehead atoms. The third-order valence-electron chi connectivity index (χ3n) is 0.647. The summed E-state index contributed by atoms with van der Waals surface area (Å²) in [6, 6.07) is 0. The molecule has 0 atom stereocenters. The van der Waals surface area contributed by atoms with Crippen LogP contribution in [0, 0.1) is 0 Å². The van der Waals surface area contributed by atoms with E-state index in [4.69, 9.17) is 5.21 Å². The summed E-state index contributed by atoms with van der Waals surface area (Å²) >= 11 is 3.48. The molecule has 0 aromatic rings. The van der Waals surface area contributed by atoms with Gasteiger partial charge in [0.25, 0.3) is 0 Å². The van der Waals surface area contributed by atoms with E-state index in [1.165, 1.54) is 5.06 Å². The van der Waals surface area contributed by atoms with E-state index in [9.17, 15) is 0 Å². The smallest absolute Gasteiger partial charge is 0.0711 e. The summed E-state index contributed by atoms with van der Waals surface area (Å²) < 4.78 is 0. The van der Waals surface area contributed by atoms with Crippen molar-refractivity contribution in [1.29, 1.82) is 0 Å². The monoisotopic (exact) mass is 137 g/mol. The first-order chi connectivity index (χ1) is 3.39. The molecule has 7 heavy (non-hydrogen) atoms. The number of rotatable bonds is 0. The summed E-state index contributed by atoms with van der Waals surface area (Å²) in [5.74, 6) is 1.54. The first-order valence-corrected chi connectivity index (χ1v) is 4.30. The van der Waals surface area contributed by atoms with Gasteiger partial charge in [0.15, 0.2) is 0 Å². The first-order valence-electron chi connectivity index (χ1n) is 1.99. The van der Waals surface area contributed by atoms with Crippen LogP contribution in [-0.2, 0) is 0 Å². The van der Waals surface area contributed by atoms with Gasteiger partial charge < -0.3 is 5.21 Å². The molecule has 0 aromatic carbocycles.